The molecule has 0 atom stereocenters. The first-order chi connectivity index (χ1) is 18.4. The van der Waals surface area contributed by atoms with Crippen LogP contribution in [0, 0.1) is 0 Å². The fraction of sp³-hybridized carbons (Fsp3) is 0.276. The van der Waals surface area contributed by atoms with Crippen molar-refractivity contribution < 1.29 is 8.42 Å². The summed E-state index contributed by atoms with van der Waals surface area (Å²) in [5.74, 6) is 1.23. The van der Waals surface area contributed by atoms with Crippen LogP contribution in [0.5, 0.6) is 0 Å². The summed E-state index contributed by atoms with van der Waals surface area (Å²) in [7, 11) is -2.92. The summed E-state index contributed by atoms with van der Waals surface area (Å²) in [5, 5.41) is 9.65. The molecule has 2 aromatic heterocycles. The molecular formula is C29H32N6O2S. The van der Waals surface area contributed by atoms with Crippen molar-refractivity contribution in [3.05, 3.63) is 84.1 Å². The summed E-state index contributed by atoms with van der Waals surface area (Å²) in [6.45, 7) is 2.00. The lowest BCUT2D eigenvalue weighted by Crippen LogP contribution is -2.23. The first-order valence-corrected chi connectivity index (χ1v) is 14.9. The van der Waals surface area contributed by atoms with E-state index in [4.69, 9.17) is 10.7 Å². The molecule has 0 saturated heterocycles. The smallest absolute Gasteiger partial charge is 0.162 e. The van der Waals surface area contributed by atoms with E-state index < -0.39 is 9.84 Å². The maximum Gasteiger partial charge on any atom is 0.162 e. The van der Waals surface area contributed by atoms with E-state index in [0.29, 0.717) is 24.7 Å². The second kappa shape index (κ2) is 11.3. The van der Waals surface area contributed by atoms with E-state index in [0.717, 1.165) is 53.2 Å². The van der Waals surface area contributed by atoms with Crippen LogP contribution in [-0.4, -0.2) is 53.3 Å². The zero-order valence-corrected chi connectivity index (χ0v) is 22.3. The van der Waals surface area contributed by atoms with E-state index in [1.807, 2.05) is 41.2 Å². The highest BCUT2D eigenvalue weighted by Gasteiger charge is 2.11. The molecular weight excluding hydrogens is 496 g/mol. The van der Waals surface area contributed by atoms with Gasteiger partial charge in [0.25, 0.3) is 0 Å². The predicted molar refractivity (Wildman–Crippen MR) is 154 cm³/mol. The van der Waals surface area contributed by atoms with E-state index in [2.05, 4.69) is 51.8 Å². The molecule has 0 unspecified atom stereocenters. The number of hydrogen-bond donors (Lipinski definition) is 2. The number of benzene rings is 3. The third-order valence-electron chi connectivity index (χ3n) is 6.58. The van der Waals surface area contributed by atoms with Gasteiger partial charge in [-0.05, 0) is 67.3 Å². The molecule has 0 fully saturated rings. The number of hydrogen-bond acceptors (Lipinski definition) is 7. The van der Waals surface area contributed by atoms with Crippen LogP contribution in [0.25, 0.3) is 33.2 Å². The molecule has 196 valence electrons. The highest BCUT2D eigenvalue weighted by molar-refractivity contribution is 7.90. The summed E-state index contributed by atoms with van der Waals surface area (Å²) >= 11 is 0. The second-order valence-electron chi connectivity index (χ2n) is 9.68. The molecule has 0 saturated carbocycles. The number of sulfone groups is 1. The van der Waals surface area contributed by atoms with Gasteiger partial charge >= 0.3 is 0 Å². The van der Waals surface area contributed by atoms with Gasteiger partial charge in [0.2, 0.25) is 0 Å². The Labute approximate surface area is 222 Å². The van der Waals surface area contributed by atoms with Crippen molar-refractivity contribution in [1.82, 2.24) is 25.1 Å². The minimum Gasteiger partial charge on any atom is -0.383 e. The van der Waals surface area contributed by atoms with Gasteiger partial charge in [0.15, 0.2) is 5.82 Å². The van der Waals surface area contributed by atoms with E-state index >= 15 is 0 Å². The van der Waals surface area contributed by atoms with Gasteiger partial charge in [-0.15, -0.1) is 0 Å². The molecule has 5 rings (SSSR count). The number of aryl methyl sites for hydroxylation is 1. The molecule has 0 aliphatic rings. The van der Waals surface area contributed by atoms with E-state index in [9.17, 15) is 8.42 Å². The fourth-order valence-corrected chi connectivity index (χ4v) is 5.07. The van der Waals surface area contributed by atoms with Crippen LogP contribution in [0.3, 0.4) is 0 Å². The molecule has 9 heteroatoms. The lowest BCUT2D eigenvalue weighted by atomic mass is 10.1. The second-order valence-corrected chi connectivity index (χ2v) is 11.9. The number of fused-ring (bicyclic) bond motifs is 2. The first kappa shape index (κ1) is 25.8. The van der Waals surface area contributed by atoms with Crippen molar-refractivity contribution in [3.63, 3.8) is 0 Å². The SMILES string of the molecule is CS(=O)(=O)CCNCCCCc1ccc2c(N)nc(-c3ccc4c(cnn4Cc4ccccc4)c3)nc2c1. The largest absolute Gasteiger partial charge is 0.383 e. The van der Waals surface area contributed by atoms with E-state index in [1.54, 1.807) is 0 Å². The minimum atomic E-state index is -2.92. The Balaban J connectivity index is 1.28. The molecule has 0 spiro atoms. The summed E-state index contributed by atoms with van der Waals surface area (Å²) in [5.41, 5.74) is 11.5. The molecule has 0 amide bonds. The normalized spacial score (nSPS) is 11.9. The van der Waals surface area contributed by atoms with Crippen molar-refractivity contribution >= 4 is 37.5 Å². The van der Waals surface area contributed by atoms with Crippen molar-refractivity contribution in [2.24, 2.45) is 0 Å². The highest BCUT2D eigenvalue weighted by Crippen LogP contribution is 2.27. The Morgan fingerprint density at radius 2 is 1.76 bits per heavy atom. The zero-order valence-electron chi connectivity index (χ0n) is 21.5. The first-order valence-electron chi connectivity index (χ1n) is 12.8. The lowest BCUT2D eigenvalue weighted by Gasteiger charge is -2.09. The van der Waals surface area contributed by atoms with E-state index in [-0.39, 0.29) is 5.75 Å². The van der Waals surface area contributed by atoms with Crippen LogP contribution < -0.4 is 11.1 Å². The molecule has 0 radical (unpaired) electrons. The van der Waals surface area contributed by atoms with Gasteiger partial charge in [0, 0.05) is 29.1 Å². The Hall–Kier alpha value is -3.82. The van der Waals surface area contributed by atoms with Gasteiger partial charge in [-0.2, -0.15) is 5.10 Å². The van der Waals surface area contributed by atoms with Crippen LogP contribution in [0.4, 0.5) is 5.82 Å². The maximum absolute atomic E-state index is 11.2. The average Bonchev–Trinajstić information content (AvgIpc) is 3.29. The Kier molecular flexibility index (Phi) is 7.67. The number of nitrogens with one attached hydrogen (secondary N) is 1. The van der Waals surface area contributed by atoms with Gasteiger partial charge in [0.05, 0.1) is 29.5 Å². The molecule has 5 aromatic rings. The molecule has 38 heavy (non-hydrogen) atoms. The summed E-state index contributed by atoms with van der Waals surface area (Å²) in [4.78, 5) is 9.44. The van der Waals surface area contributed by atoms with Gasteiger partial charge in [-0.25, -0.2) is 18.4 Å². The molecule has 0 aliphatic carbocycles. The molecule has 3 N–H and O–H groups in total. The van der Waals surface area contributed by atoms with Gasteiger partial charge in [-0.1, -0.05) is 36.4 Å². The van der Waals surface area contributed by atoms with Crippen molar-refractivity contribution in [1.29, 1.82) is 0 Å². The van der Waals surface area contributed by atoms with Crippen LogP contribution in [0.15, 0.2) is 72.9 Å². The average molecular weight is 529 g/mol. The van der Waals surface area contributed by atoms with Gasteiger partial charge < -0.3 is 11.1 Å². The lowest BCUT2D eigenvalue weighted by molar-refractivity contribution is 0.592. The molecule has 0 aliphatic heterocycles. The monoisotopic (exact) mass is 528 g/mol. The Bertz CT molecular complexity index is 1670. The quantitative estimate of drug-likeness (QED) is 0.246. The van der Waals surface area contributed by atoms with Crippen LogP contribution in [0.2, 0.25) is 0 Å². The standard InChI is InChI=1S/C29H32N6O2S/c1-38(36,37)16-15-31-14-6-5-7-21-10-12-25-26(17-21)33-29(34-28(25)30)23-11-13-27-24(18-23)19-32-35(27)20-22-8-3-2-4-9-22/h2-4,8-13,17-19,31H,5-7,14-16,20H2,1H3,(H2,30,33,34). The van der Waals surface area contributed by atoms with Crippen molar-refractivity contribution in [3.8, 4) is 11.4 Å². The van der Waals surface area contributed by atoms with Crippen LogP contribution >= 0.6 is 0 Å². The number of nitrogens with two attached hydrogens (primary N) is 1. The predicted octanol–water partition coefficient (Wildman–Crippen LogP) is 4.23. The number of nitrogens with zero attached hydrogens (tertiary/aromatic N) is 4. The summed E-state index contributed by atoms with van der Waals surface area (Å²) in [6, 6.07) is 22.6. The van der Waals surface area contributed by atoms with E-state index in [1.165, 1.54) is 17.4 Å². The maximum atomic E-state index is 11.2. The molecule has 3 aromatic carbocycles. The molecule has 8 nitrogen and oxygen atoms in total. The Morgan fingerprint density at radius 1 is 0.921 bits per heavy atom. The minimum absolute atomic E-state index is 0.171. The molecule has 2 heterocycles. The van der Waals surface area contributed by atoms with Crippen LogP contribution in [-0.2, 0) is 22.8 Å². The fourth-order valence-electron chi connectivity index (χ4n) is 4.55. The number of unbranched alkanes of at least 4 members (excludes halogenated alkanes) is 1. The number of nitrogen functional groups attached to an aromatic ring is 1. The third-order valence-corrected chi connectivity index (χ3v) is 7.53. The summed E-state index contributed by atoms with van der Waals surface area (Å²) < 4.78 is 24.4. The topological polar surface area (TPSA) is 116 Å². The number of anilines is 1. The Morgan fingerprint density at radius 3 is 2.58 bits per heavy atom. The van der Waals surface area contributed by atoms with Gasteiger partial charge in [-0.3, -0.25) is 4.68 Å². The van der Waals surface area contributed by atoms with Crippen molar-refractivity contribution in [2.45, 2.75) is 25.8 Å². The van der Waals surface area contributed by atoms with Crippen molar-refractivity contribution in [2.75, 3.05) is 30.8 Å². The summed E-state index contributed by atoms with van der Waals surface area (Å²) in [6.07, 6.45) is 6.01. The highest BCUT2D eigenvalue weighted by atomic mass is 32.2. The number of aromatic nitrogens is 4. The zero-order chi connectivity index (χ0) is 26.5. The van der Waals surface area contributed by atoms with Gasteiger partial charge in [0.1, 0.15) is 15.7 Å². The molecule has 0 bridgehead atoms. The van der Waals surface area contributed by atoms with Crippen LogP contribution in [0.1, 0.15) is 24.0 Å². The number of rotatable bonds is 11. The third kappa shape index (κ3) is 6.35.